The van der Waals surface area contributed by atoms with Crippen molar-refractivity contribution in [2.24, 2.45) is 5.92 Å². The molecule has 0 saturated carbocycles. The van der Waals surface area contributed by atoms with Gasteiger partial charge in [-0.2, -0.15) is 0 Å². The summed E-state index contributed by atoms with van der Waals surface area (Å²) in [7, 11) is 0. The quantitative estimate of drug-likeness (QED) is 0.844. The highest BCUT2D eigenvalue weighted by Crippen LogP contribution is 2.36. The molecule has 0 radical (unpaired) electrons. The van der Waals surface area contributed by atoms with Gasteiger partial charge in [0.15, 0.2) is 12.4 Å². The third kappa shape index (κ3) is 2.67. The van der Waals surface area contributed by atoms with Crippen molar-refractivity contribution in [2.75, 3.05) is 6.61 Å². The van der Waals surface area contributed by atoms with Gasteiger partial charge in [0.2, 0.25) is 0 Å². The average Bonchev–Trinajstić information content (AvgIpc) is 2.51. The first-order valence-electron chi connectivity index (χ1n) is 6.96. The Kier molecular flexibility index (Phi) is 3.95. The van der Waals surface area contributed by atoms with Crippen molar-refractivity contribution < 1.29 is 29.2 Å². The summed E-state index contributed by atoms with van der Waals surface area (Å²) in [5.41, 5.74) is 0.887. The van der Waals surface area contributed by atoms with Gasteiger partial charge in [-0.1, -0.05) is 37.3 Å². The Labute approximate surface area is 122 Å². The predicted molar refractivity (Wildman–Crippen MR) is 71.5 cm³/mol. The first-order chi connectivity index (χ1) is 10.1. The lowest BCUT2D eigenvalue weighted by atomic mass is 9.87. The van der Waals surface area contributed by atoms with Gasteiger partial charge in [-0.3, -0.25) is 0 Å². The van der Waals surface area contributed by atoms with Crippen molar-refractivity contribution in [2.45, 2.75) is 37.6 Å². The maximum Gasteiger partial charge on any atom is 0.335 e. The molecular weight excluding hydrogens is 276 g/mol. The molecule has 21 heavy (non-hydrogen) atoms. The van der Waals surface area contributed by atoms with Crippen molar-refractivity contribution in [3.8, 4) is 0 Å². The summed E-state index contributed by atoms with van der Waals surface area (Å²) >= 11 is 0. The van der Waals surface area contributed by atoms with Crippen LogP contribution in [-0.4, -0.2) is 47.2 Å². The van der Waals surface area contributed by atoms with E-state index in [4.69, 9.17) is 19.3 Å². The molecule has 6 heteroatoms. The molecule has 2 aliphatic rings. The Morgan fingerprint density at radius 1 is 1.24 bits per heavy atom. The molecule has 2 saturated heterocycles. The second-order valence-electron chi connectivity index (χ2n) is 5.46. The molecule has 0 aliphatic carbocycles. The van der Waals surface area contributed by atoms with Gasteiger partial charge in [0, 0.05) is 11.5 Å². The molecule has 1 aromatic carbocycles. The average molecular weight is 294 g/mol. The molecule has 2 aliphatic heterocycles. The van der Waals surface area contributed by atoms with Gasteiger partial charge in [0.05, 0.1) is 18.8 Å². The zero-order valence-corrected chi connectivity index (χ0v) is 11.6. The van der Waals surface area contributed by atoms with Crippen molar-refractivity contribution in [1.29, 1.82) is 0 Å². The number of benzene rings is 1. The molecule has 0 spiro atoms. The highest BCUT2D eigenvalue weighted by atomic mass is 16.7. The zero-order valence-electron chi connectivity index (χ0n) is 11.6. The lowest BCUT2D eigenvalue weighted by Crippen LogP contribution is -2.59. The van der Waals surface area contributed by atoms with Crippen LogP contribution in [0, 0.1) is 5.92 Å². The van der Waals surface area contributed by atoms with E-state index in [0.29, 0.717) is 0 Å². The number of fused-ring (bicyclic) bond motifs is 1. The molecule has 3 rings (SSSR count). The Hall–Kier alpha value is -1.47. The van der Waals surface area contributed by atoms with E-state index >= 15 is 0 Å². The first kappa shape index (κ1) is 14.5. The van der Waals surface area contributed by atoms with Crippen LogP contribution in [0.25, 0.3) is 0 Å². The summed E-state index contributed by atoms with van der Waals surface area (Å²) in [6.07, 6.45) is -3.73. The van der Waals surface area contributed by atoms with Crippen LogP contribution in [0.3, 0.4) is 0 Å². The van der Waals surface area contributed by atoms with Crippen molar-refractivity contribution in [3.05, 3.63) is 35.9 Å². The number of hydrogen-bond donors (Lipinski definition) is 2. The SMILES string of the molecule is CC1[C@H]2OC(c3ccccc3)OCC2O[C@@H](C(=O)O)[C@H]1O. The number of aliphatic carboxylic acids is 1. The summed E-state index contributed by atoms with van der Waals surface area (Å²) in [6, 6.07) is 9.49. The molecule has 2 N–H and O–H groups in total. The molecule has 0 bridgehead atoms. The molecular formula is C15H18O6. The fourth-order valence-corrected chi connectivity index (χ4v) is 2.85. The highest BCUT2D eigenvalue weighted by molar-refractivity contribution is 5.73. The van der Waals surface area contributed by atoms with Crippen LogP contribution in [0.4, 0.5) is 0 Å². The standard InChI is InChI=1S/C15H18O6/c1-8-11(16)13(14(17)18)20-10-7-19-15(21-12(8)10)9-5-3-2-4-6-9/h2-6,8,10-13,15-16H,7H2,1H3,(H,17,18)/t8?,10?,11-,12+,13+,15?/m0/s1. The van der Waals surface area contributed by atoms with Crippen molar-refractivity contribution >= 4 is 5.97 Å². The number of carbonyl (C=O) groups is 1. The van der Waals surface area contributed by atoms with Gasteiger partial charge < -0.3 is 24.4 Å². The molecule has 1 aromatic rings. The molecule has 2 fully saturated rings. The number of rotatable bonds is 2. The minimum atomic E-state index is -1.23. The fourth-order valence-electron chi connectivity index (χ4n) is 2.85. The van der Waals surface area contributed by atoms with Crippen LogP contribution in [0.2, 0.25) is 0 Å². The van der Waals surface area contributed by atoms with E-state index in [9.17, 15) is 9.90 Å². The van der Waals surface area contributed by atoms with Crippen LogP contribution in [0.1, 0.15) is 18.8 Å². The first-order valence-corrected chi connectivity index (χ1v) is 6.96. The second kappa shape index (κ2) is 5.73. The van der Waals surface area contributed by atoms with E-state index in [1.165, 1.54) is 0 Å². The number of carboxylic acids is 1. The van der Waals surface area contributed by atoms with Crippen LogP contribution in [0.5, 0.6) is 0 Å². The van der Waals surface area contributed by atoms with E-state index < -0.39 is 36.7 Å². The van der Waals surface area contributed by atoms with Crippen molar-refractivity contribution in [1.82, 2.24) is 0 Å². The predicted octanol–water partition coefficient (Wildman–Crippen LogP) is 0.950. The Morgan fingerprint density at radius 2 is 1.95 bits per heavy atom. The number of aliphatic hydroxyl groups excluding tert-OH is 1. The smallest absolute Gasteiger partial charge is 0.335 e. The largest absolute Gasteiger partial charge is 0.479 e. The fraction of sp³-hybridized carbons (Fsp3) is 0.533. The maximum atomic E-state index is 11.1. The minimum Gasteiger partial charge on any atom is -0.479 e. The van der Waals surface area contributed by atoms with Gasteiger partial charge in [-0.05, 0) is 0 Å². The van der Waals surface area contributed by atoms with Crippen LogP contribution in [0.15, 0.2) is 30.3 Å². The minimum absolute atomic E-state index is 0.241. The van der Waals surface area contributed by atoms with Gasteiger partial charge in [0.1, 0.15) is 6.10 Å². The summed E-state index contributed by atoms with van der Waals surface area (Å²) in [5, 5.41) is 19.2. The van der Waals surface area contributed by atoms with E-state index in [-0.39, 0.29) is 12.5 Å². The van der Waals surface area contributed by atoms with Gasteiger partial charge in [-0.15, -0.1) is 0 Å². The van der Waals surface area contributed by atoms with E-state index in [1.54, 1.807) is 6.92 Å². The molecule has 2 heterocycles. The van der Waals surface area contributed by atoms with Crippen LogP contribution in [-0.2, 0) is 19.0 Å². The molecule has 0 aromatic heterocycles. The lowest BCUT2D eigenvalue weighted by Gasteiger charge is -2.46. The Morgan fingerprint density at radius 3 is 2.62 bits per heavy atom. The van der Waals surface area contributed by atoms with Crippen LogP contribution < -0.4 is 0 Å². The highest BCUT2D eigenvalue weighted by Gasteiger charge is 2.49. The van der Waals surface area contributed by atoms with E-state index in [0.717, 1.165) is 5.56 Å². The monoisotopic (exact) mass is 294 g/mol. The van der Waals surface area contributed by atoms with Gasteiger partial charge in [-0.25, -0.2) is 4.79 Å². The summed E-state index contributed by atoms with van der Waals surface area (Å²) < 4.78 is 16.9. The van der Waals surface area contributed by atoms with Crippen molar-refractivity contribution in [3.63, 3.8) is 0 Å². The zero-order chi connectivity index (χ0) is 15.0. The molecule has 6 atom stereocenters. The number of aliphatic hydroxyl groups is 1. The molecule has 114 valence electrons. The third-order valence-corrected chi connectivity index (χ3v) is 4.06. The Balaban J connectivity index is 1.76. The van der Waals surface area contributed by atoms with E-state index in [2.05, 4.69) is 0 Å². The third-order valence-electron chi connectivity index (χ3n) is 4.06. The number of carboxylic acid groups (broad SMARTS) is 1. The number of ether oxygens (including phenoxy) is 3. The van der Waals surface area contributed by atoms with E-state index in [1.807, 2.05) is 30.3 Å². The lowest BCUT2D eigenvalue weighted by molar-refractivity contribution is -0.314. The van der Waals surface area contributed by atoms with Crippen LogP contribution >= 0.6 is 0 Å². The summed E-state index contributed by atoms with van der Waals surface area (Å²) in [5.74, 6) is -1.52. The maximum absolute atomic E-state index is 11.1. The number of hydrogen-bond acceptors (Lipinski definition) is 5. The molecule has 6 nitrogen and oxygen atoms in total. The molecule has 3 unspecified atom stereocenters. The topological polar surface area (TPSA) is 85.2 Å². The Bertz CT molecular complexity index is 502. The van der Waals surface area contributed by atoms with Gasteiger partial charge in [0.25, 0.3) is 0 Å². The second-order valence-corrected chi connectivity index (χ2v) is 5.46. The normalized spacial score (nSPS) is 39.5. The molecule has 0 amide bonds. The van der Waals surface area contributed by atoms with Gasteiger partial charge >= 0.3 is 5.97 Å². The summed E-state index contributed by atoms with van der Waals surface area (Å²) in [6.45, 7) is 2.01. The summed E-state index contributed by atoms with van der Waals surface area (Å²) in [4.78, 5) is 11.1.